The molecule has 0 amide bonds. The van der Waals surface area contributed by atoms with E-state index in [4.69, 9.17) is 32.7 Å². The van der Waals surface area contributed by atoms with E-state index in [9.17, 15) is 0 Å². The molecule has 2 saturated carbocycles. The SMILES string of the molecule is Cc1nc(N(CC2CC2)CC2CC2)c2onc(-c3ccc(Cl)cc3Cl)c2n1. The molecule has 7 heteroatoms. The number of anilines is 1. The number of aromatic nitrogens is 3. The standard InChI is InChI=1S/C20H20Cl2N4O/c1-11-23-18-17(15-7-6-14(21)8-16(15)22)25-27-19(18)20(24-11)26(9-12-2-3-12)10-13-4-5-13/h6-8,12-13H,2-5,9-10H2,1H3. The maximum Gasteiger partial charge on any atom is 0.228 e. The Morgan fingerprint density at radius 3 is 2.41 bits per heavy atom. The van der Waals surface area contributed by atoms with Crippen LogP contribution in [0.25, 0.3) is 22.4 Å². The molecule has 140 valence electrons. The van der Waals surface area contributed by atoms with E-state index in [1.165, 1.54) is 25.7 Å². The Bertz CT molecular complexity index is 997. The minimum Gasteiger partial charge on any atom is -0.353 e. The van der Waals surface area contributed by atoms with Gasteiger partial charge in [-0.3, -0.25) is 0 Å². The minimum atomic E-state index is 0.531. The highest BCUT2D eigenvalue weighted by atomic mass is 35.5. The van der Waals surface area contributed by atoms with Gasteiger partial charge in [0.25, 0.3) is 0 Å². The smallest absolute Gasteiger partial charge is 0.228 e. The van der Waals surface area contributed by atoms with E-state index < -0.39 is 0 Å². The van der Waals surface area contributed by atoms with Crippen LogP contribution in [-0.4, -0.2) is 28.2 Å². The molecular formula is C20H20Cl2N4O. The molecule has 0 radical (unpaired) electrons. The Labute approximate surface area is 167 Å². The van der Waals surface area contributed by atoms with Gasteiger partial charge in [0.05, 0.1) is 5.02 Å². The average Bonchev–Trinajstić information content (AvgIpc) is 3.55. The van der Waals surface area contributed by atoms with Gasteiger partial charge in [-0.25, -0.2) is 9.97 Å². The molecule has 0 unspecified atom stereocenters. The van der Waals surface area contributed by atoms with E-state index in [-0.39, 0.29) is 0 Å². The van der Waals surface area contributed by atoms with Crippen molar-refractivity contribution in [3.63, 3.8) is 0 Å². The fourth-order valence-corrected chi connectivity index (χ4v) is 3.97. The molecule has 0 bridgehead atoms. The van der Waals surface area contributed by atoms with E-state index >= 15 is 0 Å². The molecule has 0 N–H and O–H groups in total. The van der Waals surface area contributed by atoms with Gasteiger partial charge in [0.15, 0.2) is 5.82 Å². The Balaban J connectivity index is 1.61. The van der Waals surface area contributed by atoms with Gasteiger partial charge in [-0.1, -0.05) is 28.4 Å². The largest absolute Gasteiger partial charge is 0.353 e. The third-order valence-corrected chi connectivity index (χ3v) is 5.80. The van der Waals surface area contributed by atoms with Crippen molar-refractivity contribution in [2.24, 2.45) is 11.8 Å². The summed E-state index contributed by atoms with van der Waals surface area (Å²) in [5.41, 5.74) is 2.75. The molecule has 2 heterocycles. The number of aryl methyl sites for hydroxylation is 1. The van der Waals surface area contributed by atoms with Crippen molar-refractivity contribution in [2.75, 3.05) is 18.0 Å². The Morgan fingerprint density at radius 1 is 1.07 bits per heavy atom. The van der Waals surface area contributed by atoms with Gasteiger partial charge in [-0.2, -0.15) is 0 Å². The molecule has 27 heavy (non-hydrogen) atoms. The highest BCUT2D eigenvalue weighted by Gasteiger charge is 2.32. The molecule has 5 rings (SSSR count). The summed E-state index contributed by atoms with van der Waals surface area (Å²) in [4.78, 5) is 11.7. The molecule has 2 aromatic heterocycles. The van der Waals surface area contributed by atoms with Crippen LogP contribution in [0.4, 0.5) is 5.82 Å². The van der Waals surface area contributed by atoms with Crippen molar-refractivity contribution in [3.8, 4) is 11.3 Å². The number of fused-ring (bicyclic) bond motifs is 1. The maximum absolute atomic E-state index is 6.40. The van der Waals surface area contributed by atoms with Crippen LogP contribution in [-0.2, 0) is 0 Å². The predicted molar refractivity (Wildman–Crippen MR) is 107 cm³/mol. The number of halogens is 2. The lowest BCUT2D eigenvalue weighted by Gasteiger charge is -2.23. The van der Waals surface area contributed by atoms with Crippen molar-refractivity contribution in [2.45, 2.75) is 32.6 Å². The highest BCUT2D eigenvalue weighted by molar-refractivity contribution is 6.36. The predicted octanol–water partition coefficient (Wildman–Crippen LogP) is 5.53. The topological polar surface area (TPSA) is 55.1 Å². The second-order valence-corrected chi connectivity index (χ2v) is 8.56. The van der Waals surface area contributed by atoms with Gasteiger partial charge in [-0.15, -0.1) is 0 Å². The van der Waals surface area contributed by atoms with Gasteiger partial charge in [0.1, 0.15) is 17.0 Å². The molecule has 0 saturated heterocycles. The van der Waals surface area contributed by atoms with Crippen LogP contribution >= 0.6 is 23.2 Å². The molecule has 3 aromatic rings. The first-order chi connectivity index (χ1) is 13.1. The second-order valence-electron chi connectivity index (χ2n) is 7.72. The summed E-state index contributed by atoms with van der Waals surface area (Å²) < 4.78 is 5.75. The fraction of sp³-hybridized carbons (Fsp3) is 0.450. The van der Waals surface area contributed by atoms with Crippen LogP contribution in [0.15, 0.2) is 22.7 Å². The lowest BCUT2D eigenvalue weighted by atomic mass is 10.1. The van der Waals surface area contributed by atoms with Crippen LogP contribution in [0.1, 0.15) is 31.5 Å². The Morgan fingerprint density at radius 2 is 1.78 bits per heavy atom. The zero-order chi connectivity index (χ0) is 18.5. The van der Waals surface area contributed by atoms with Crippen molar-refractivity contribution < 1.29 is 4.52 Å². The second kappa shape index (κ2) is 6.64. The van der Waals surface area contributed by atoms with Gasteiger partial charge >= 0.3 is 0 Å². The Hall–Kier alpha value is -1.85. The third-order valence-electron chi connectivity index (χ3n) is 5.25. The van der Waals surface area contributed by atoms with Crippen molar-refractivity contribution in [3.05, 3.63) is 34.1 Å². The zero-order valence-electron chi connectivity index (χ0n) is 15.1. The maximum atomic E-state index is 6.40. The summed E-state index contributed by atoms with van der Waals surface area (Å²) in [6.07, 6.45) is 5.21. The quantitative estimate of drug-likeness (QED) is 0.542. The molecule has 0 spiro atoms. The normalized spacial score (nSPS) is 16.9. The molecule has 0 atom stereocenters. The molecular weight excluding hydrogens is 383 g/mol. The van der Waals surface area contributed by atoms with E-state index in [1.54, 1.807) is 12.1 Å². The van der Waals surface area contributed by atoms with Crippen molar-refractivity contribution >= 4 is 40.1 Å². The van der Waals surface area contributed by atoms with Gasteiger partial charge in [-0.05, 0) is 62.6 Å². The van der Waals surface area contributed by atoms with E-state index in [0.717, 1.165) is 36.3 Å². The van der Waals surface area contributed by atoms with Gasteiger partial charge in [0.2, 0.25) is 5.58 Å². The molecule has 0 aliphatic heterocycles. The third kappa shape index (κ3) is 3.50. The molecule has 2 aliphatic carbocycles. The summed E-state index contributed by atoms with van der Waals surface area (Å²) in [5.74, 6) is 3.10. The zero-order valence-corrected chi connectivity index (χ0v) is 16.6. The van der Waals surface area contributed by atoms with Crippen LogP contribution in [0, 0.1) is 18.8 Å². The highest BCUT2D eigenvalue weighted by Crippen LogP contribution is 2.39. The average molecular weight is 403 g/mol. The first-order valence-electron chi connectivity index (χ1n) is 9.43. The van der Waals surface area contributed by atoms with Gasteiger partial charge < -0.3 is 9.42 Å². The molecule has 2 fully saturated rings. The number of rotatable bonds is 6. The first-order valence-corrected chi connectivity index (χ1v) is 10.2. The molecule has 5 nitrogen and oxygen atoms in total. The summed E-state index contributed by atoms with van der Waals surface area (Å²) in [6.45, 7) is 3.97. The lowest BCUT2D eigenvalue weighted by Crippen LogP contribution is -2.29. The van der Waals surface area contributed by atoms with Crippen LogP contribution in [0.2, 0.25) is 10.0 Å². The minimum absolute atomic E-state index is 0.531. The van der Waals surface area contributed by atoms with E-state index in [1.807, 2.05) is 13.0 Å². The van der Waals surface area contributed by atoms with Crippen LogP contribution in [0.3, 0.4) is 0 Å². The molecule has 1 aromatic carbocycles. The first kappa shape index (κ1) is 17.3. The van der Waals surface area contributed by atoms with Crippen molar-refractivity contribution in [1.29, 1.82) is 0 Å². The lowest BCUT2D eigenvalue weighted by molar-refractivity contribution is 0.457. The summed E-state index contributed by atoms with van der Waals surface area (Å²) >= 11 is 12.4. The van der Waals surface area contributed by atoms with E-state index in [2.05, 4.69) is 15.0 Å². The monoisotopic (exact) mass is 402 g/mol. The Kier molecular flexibility index (Phi) is 4.25. The van der Waals surface area contributed by atoms with Crippen molar-refractivity contribution in [1.82, 2.24) is 15.1 Å². The summed E-state index contributed by atoms with van der Waals surface area (Å²) in [6, 6.07) is 5.36. The number of hydrogen-bond donors (Lipinski definition) is 0. The number of hydrogen-bond acceptors (Lipinski definition) is 5. The fourth-order valence-electron chi connectivity index (χ4n) is 3.47. The van der Waals surface area contributed by atoms with E-state index in [0.29, 0.717) is 32.7 Å². The van der Waals surface area contributed by atoms with Crippen LogP contribution in [0.5, 0.6) is 0 Å². The summed E-state index contributed by atoms with van der Waals surface area (Å²) in [7, 11) is 0. The number of nitrogens with zero attached hydrogens (tertiary/aromatic N) is 4. The summed E-state index contributed by atoms with van der Waals surface area (Å²) in [5, 5.41) is 5.42. The van der Waals surface area contributed by atoms with Gasteiger partial charge in [0, 0.05) is 23.7 Å². The number of benzene rings is 1. The molecule has 2 aliphatic rings. The van der Waals surface area contributed by atoms with Crippen LogP contribution < -0.4 is 4.90 Å².